The van der Waals surface area contributed by atoms with Gasteiger partial charge in [0, 0.05) is 24.5 Å². The van der Waals surface area contributed by atoms with E-state index in [-0.39, 0.29) is 12.2 Å². The normalized spacial score (nSPS) is 16.8. The van der Waals surface area contributed by atoms with Gasteiger partial charge in [-0.1, -0.05) is 30.3 Å². The average molecular weight is 310 g/mol. The lowest BCUT2D eigenvalue weighted by Gasteiger charge is -2.15. The summed E-state index contributed by atoms with van der Waals surface area (Å²) in [5.41, 5.74) is 7.12. The van der Waals surface area contributed by atoms with Gasteiger partial charge in [0.2, 0.25) is 5.91 Å². The van der Waals surface area contributed by atoms with E-state index in [1.165, 1.54) is 5.56 Å². The molecule has 1 aromatic rings. The molecule has 0 radical (unpaired) electrons. The first kappa shape index (κ1) is 16.3. The number of benzene rings is 1. The number of ether oxygens (including phenoxy) is 2. The van der Waals surface area contributed by atoms with Gasteiger partial charge < -0.3 is 20.5 Å². The number of hydrogen-bond acceptors (Lipinski definition) is 5. The molecule has 1 fully saturated rings. The van der Waals surface area contributed by atoms with Gasteiger partial charge in [-0.15, -0.1) is 0 Å². The van der Waals surface area contributed by atoms with Crippen molar-refractivity contribution >= 4 is 17.7 Å². The molecule has 0 spiro atoms. The van der Waals surface area contributed by atoms with E-state index in [0.29, 0.717) is 26.2 Å². The van der Waals surface area contributed by atoms with E-state index in [1.807, 2.05) is 18.2 Å². The molecule has 1 unspecified atom stereocenters. The van der Waals surface area contributed by atoms with Crippen LogP contribution < -0.4 is 11.1 Å². The molecule has 3 N–H and O–H groups in total. The molecule has 1 aliphatic heterocycles. The Hall–Kier alpha value is -1.08. The summed E-state index contributed by atoms with van der Waals surface area (Å²) in [6, 6.07) is 9.69. The zero-order valence-electron chi connectivity index (χ0n) is 12.0. The molecule has 2 rings (SSSR count). The van der Waals surface area contributed by atoms with Gasteiger partial charge in [0.1, 0.15) is 0 Å². The Morgan fingerprint density at radius 1 is 1.33 bits per heavy atom. The Bertz CT molecular complexity index is 424. The second kappa shape index (κ2) is 9.04. The van der Waals surface area contributed by atoms with Gasteiger partial charge in [-0.25, -0.2) is 0 Å². The van der Waals surface area contributed by atoms with Gasteiger partial charge >= 0.3 is 0 Å². The van der Waals surface area contributed by atoms with E-state index in [0.717, 1.165) is 11.5 Å². The van der Waals surface area contributed by atoms with Gasteiger partial charge in [0.25, 0.3) is 0 Å². The summed E-state index contributed by atoms with van der Waals surface area (Å²) in [7, 11) is 0. The standard InChI is InChI=1S/C15H22N2O3S/c16-13(10-14-19-7-8-20-14)15(18)17-6-9-21-11-12-4-2-1-3-5-12/h1-5,13-14H,6-11,16H2,(H,17,18). The number of carbonyl (C=O) groups excluding carboxylic acids is 1. The van der Waals surface area contributed by atoms with Crippen molar-refractivity contribution < 1.29 is 14.3 Å². The third-order valence-electron chi connectivity index (χ3n) is 3.13. The Balaban J connectivity index is 1.54. The summed E-state index contributed by atoms with van der Waals surface area (Å²) in [6.07, 6.45) is 0.0708. The molecule has 116 valence electrons. The van der Waals surface area contributed by atoms with Gasteiger partial charge in [0.15, 0.2) is 6.29 Å². The average Bonchev–Trinajstić information content (AvgIpc) is 3.00. The highest BCUT2D eigenvalue weighted by Crippen LogP contribution is 2.11. The van der Waals surface area contributed by atoms with E-state index in [2.05, 4.69) is 17.4 Å². The van der Waals surface area contributed by atoms with E-state index < -0.39 is 6.04 Å². The first-order valence-corrected chi connectivity index (χ1v) is 8.29. The number of carbonyl (C=O) groups is 1. The summed E-state index contributed by atoms with van der Waals surface area (Å²) < 4.78 is 10.6. The molecule has 6 heteroatoms. The van der Waals surface area contributed by atoms with Crippen LogP contribution in [-0.4, -0.2) is 43.8 Å². The van der Waals surface area contributed by atoms with E-state index >= 15 is 0 Å². The van der Waals surface area contributed by atoms with Crippen LogP contribution in [-0.2, 0) is 20.0 Å². The molecule has 1 saturated heterocycles. The molecule has 0 aliphatic carbocycles. The molecule has 0 bridgehead atoms. The van der Waals surface area contributed by atoms with Crippen LogP contribution in [0.3, 0.4) is 0 Å². The minimum Gasteiger partial charge on any atom is -0.354 e. The van der Waals surface area contributed by atoms with E-state index in [9.17, 15) is 4.79 Å². The van der Waals surface area contributed by atoms with Gasteiger partial charge in [-0.3, -0.25) is 4.79 Å². The number of nitrogens with two attached hydrogens (primary N) is 1. The fourth-order valence-electron chi connectivity index (χ4n) is 2.00. The van der Waals surface area contributed by atoms with Gasteiger partial charge in [-0.05, 0) is 5.56 Å². The van der Waals surface area contributed by atoms with Gasteiger partial charge in [-0.2, -0.15) is 11.8 Å². The molecule has 0 saturated carbocycles. The molecule has 1 atom stereocenters. The van der Waals surface area contributed by atoms with Crippen molar-refractivity contribution in [2.45, 2.75) is 24.5 Å². The van der Waals surface area contributed by atoms with Crippen molar-refractivity contribution in [2.75, 3.05) is 25.5 Å². The van der Waals surface area contributed by atoms with E-state index in [4.69, 9.17) is 15.2 Å². The monoisotopic (exact) mass is 310 g/mol. The minimum atomic E-state index is -0.577. The molecule has 1 aromatic carbocycles. The number of thioether (sulfide) groups is 1. The molecule has 5 nitrogen and oxygen atoms in total. The molecule has 1 amide bonds. The minimum absolute atomic E-state index is 0.144. The SMILES string of the molecule is NC(CC1OCCO1)C(=O)NCCSCc1ccccc1. The van der Waals surface area contributed by atoms with Crippen molar-refractivity contribution in [3.05, 3.63) is 35.9 Å². The lowest BCUT2D eigenvalue weighted by atomic mass is 10.2. The molecule has 21 heavy (non-hydrogen) atoms. The highest BCUT2D eigenvalue weighted by Gasteiger charge is 2.23. The van der Waals surface area contributed by atoms with Crippen LogP contribution in [0, 0.1) is 0 Å². The zero-order chi connectivity index (χ0) is 14.9. The fraction of sp³-hybridized carbons (Fsp3) is 0.533. The van der Waals surface area contributed by atoms with Crippen molar-refractivity contribution in [2.24, 2.45) is 5.73 Å². The van der Waals surface area contributed by atoms with Crippen LogP contribution in [0.5, 0.6) is 0 Å². The van der Waals surface area contributed by atoms with Crippen molar-refractivity contribution in [1.29, 1.82) is 0 Å². The fourth-order valence-corrected chi connectivity index (χ4v) is 2.82. The maximum absolute atomic E-state index is 11.8. The number of amides is 1. The first-order valence-electron chi connectivity index (χ1n) is 7.14. The van der Waals surface area contributed by atoms with Gasteiger partial charge in [0.05, 0.1) is 19.3 Å². The smallest absolute Gasteiger partial charge is 0.237 e. The Morgan fingerprint density at radius 3 is 2.76 bits per heavy atom. The van der Waals surface area contributed by atoms with Crippen molar-refractivity contribution in [1.82, 2.24) is 5.32 Å². The third kappa shape index (κ3) is 6.05. The topological polar surface area (TPSA) is 73.6 Å². The number of rotatable bonds is 8. The molecular formula is C15H22N2O3S. The quantitative estimate of drug-likeness (QED) is 0.704. The maximum atomic E-state index is 11.8. The van der Waals surface area contributed by atoms with E-state index in [1.54, 1.807) is 11.8 Å². The van der Waals surface area contributed by atoms with Crippen molar-refractivity contribution in [3.63, 3.8) is 0 Å². The van der Waals surface area contributed by atoms with Crippen LogP contribution in [0.25, 0.3) is 0 Å². The van der Waals surface area contributed by atoms with Crippen molar-refractivity contribution in [3.8, 4) is 0 Å². The van der Waals surface area contributed by atoms with Crippen LogP contribution >= 0.6 is 11.8 Å². The number of nitrogens with one attached hydrogen (secondary N) is 1. The predicted octanol–water partition coefficient (Wildman–Crippen LogP) is 1.13. The summed E-state index contributed by atoms with van der Waals surface area (Å²) in [6.45, 7) is 1.78. The Labute approximate surface area is 129 Å². The third-order valence-corrected chi connectivity index (χ3v) is 4.16. The lowest BCUT2D eigenvalue weighted by Crippen LogP contribution is -2.43. The summed E-state index contributed by atoms with van der Waals surface area (Å²) in [5.74, 6) is 1.67. The van der Waals surface area contributed by atoms with Crippen LogP contribution in [0.2, 0.25) is 0 Å². The first-order chi connectivity index (χ1) is 10.3. The largest absolute Gasteiger partial charge is 0.354 e. The van der Waals surface area contributed by atoms with Crippen LogP contribution in [0.1, 0.15) is 12.0 Å². The second-order valence-electron chi connectivity index (χ2n) is 4.84. The molecule has 1 heterocycles. The maximum Gasteiger partial charge on any atom is 0.237 e. The Morgan fingerprint density at radius 2 is 2.05 bits per heavy atom. The zero-order valence-corrected chi connectivity index (χ0v) is 12.8. The molecular weight excluding hydrogens is 288 g/mol. The second-order valence-corrected chi connectivity index (χ2v) is 5.95. The summed E-state index contributed by atoms with van der Waals surface area (Å²) in [4.78, 5) is 11.8. The Kier molecular flexibility index (Phi) is 7.02. The number of hydrogen-bond donors (Lipinski definition) is 2. The summed E-state index contributed by atoms with van der Waals surface area (Å²) in [5, 5.41) is 2.85. The lowest BCUT2D eigenvalue weighted by molar-refractivity contribution is -0.125. The van der Waals surface area contributed by atoms with Crippen LogP contribution in [0.15, 0.2) is 30.3 Å². The predicted molar refractivity (Wildman–Crippen MR) is 83.9 cm³/mol. The summed E-state index contributed by atoms with van der Waals surface area (Å²) >= 11 is 1.79. The highest BCUT2D eigenvalue weighted by atomic mass is 32.2. The highest BCUT2D eigenvalue weighted by molar-refractivity contribution is 7.98. The molecule has 1 aliphatic rings. The van der Waals surface area contributed by atoms with Crippen LogP contribution in [0.4, 0.5) is 0 Å². The molecule has 0 aromatic heterocycles.